The van der Waals surface area contributed by atoms with Crippen molar-refractivity contribution in [1.82, 2.24) is 9.71 Å². The van der Waals surface area contributed by atoms with Gasteiger partial charge in [0, 0.05) is 23.8 Å². The Morgan fingerprint density at radius 1 is 1.32 bits per heavy atom. The molecule has 2 N–H and O–H groups in total. The molecule has 0 atom stereocenters. The Labute approximate surface area is 137 Å². The molecular weight excluding hydrogens is 322 g/mol. The van der Waals surface area contributed by atoms with Gasteiger partial charge in [0.1, 0.15) is 5.82 Å². The molecule has 22 heavy (non-hydrogen) atoms. The zero-order valence-corrected chi connectivity index (χ0v) is 14.6. The minimum Gasteiger partial charge on any atom is -0.367 e. The summed E-state index contributed by atoms with van der Waals surface area (Å²) in [6.45, 7) is 3.94. The molecule has 0 spiro atoms. The average molecular weight is 346 g/mol. The summed E-state index contributed by atoms with van der Waals surface area (Å²) < 4.78 is 26.3. The maximum absolute atomic E-state index is 11.8. The van der Waals surface area contributed by atoms with Crippen molar-refractivity contribution >= 4 is 27.4 Å². The van der Waals surface area contributed by atoms with Gasteiger partial charge in [-0.25, -0.2) is 18.1 Å². The van der Waals surface area contributed by atoms with E-state index in [1.165, 1.54) is 0 Å². The minimum atomic E-state index is -3.15. The number of nitrogens with zero attached hydrogens (tertiary/aromatic N) is 1. The van der Waals surface area contributed by atoms with Gasteiger partial charge in [0.2, 0.25) is 10.0 Å². The van der Waals surface area contributed by atoms with Crippen LogP contribution in [0.5, 0.6) is 0 Å². The molecule has 0 radical (unpaired) electrons. The van der Waals surface area contributed by atoms with Gasteiger partial charge in [-0.3, -0.25) is 0 Å². The smallest absolute Gasteiger partial charge is 0.213 e. The normalized spacial score (nSPS) is 22.7. The lowest BCUT2D eigenvalue weighted by atomic mass is 9.86. The number of pyridine rings is 1. The summed E-state index contributed by atoms with van der Waals surface area (Å²) in [7, 11) is -3.15. The summed E-state index contributed by atoms with van der Waals surface area (Å²) in [5.74, 6) is 1.22. The van der Waals surface area contributed by atoms with Gasteiger partial charge >= 0.3 is 0 Å². The molecule has 1 aromatic rings. The van der Waals surface area contributed by atoms with Crippen LogP contribution in [0.1, 0.15) is 39.5 Å². The Morgan fingerprint density at radius 2 is 2.00 bits per heavy atom. The van der Waals surface area contributed by atoms with Gasteiger partial charge < -0.3 is 5.32 Å². The minimum absolute atomic E-state index is 0.376. The van der Waals surface area contributed by atoms with Crippen LogP contribution in [0.25, 0.3) is 0 Å². The summed E-state index contributed by atoms with van der Waals surface area (Å²) in [6, 6.07) is 3.96. The zero-order chi connectivity index (χ0) is 16.2. The zero-order valence-electron chi connectivity index (χ0n) is 13.0. The van der Waals surface area contributed by atoms with Crippen molar-refractivity contribution in [2.24, 2.45) is 5.92 Å². The lowest BCUT2D eigenvalue weighted by Gasteiger charge is -2.29. The molecule has 5 nitrogen and oxygen atoms in total. The van der Waals surface area contributed by atoms with E-state index in [1.54, 1.807) is 26.1 Å². The van der Waals surface area contributed by atoms with E-state index in [-0.39, 0.29) is 5.25 Å². The lowest BCUT2D eigenvalue weighted by molar-refractivity contribution is 0.336. The molecule has 2 rings (SSSR count). The van der Waals surface area contributed by atoms with Crippen LogP contribution >= 0.6 is 11.6 Å². The average Bonchev–Trinajstić information content (AvgIpc) is 2.46. The summed E-state index contributed by atoms with van der Waals surface area (Å²) >= 11 is 5.95. The third-order valence-electron chi connectivity index (χ3n) is 4.11. The van der Waals surface area contributed by atoms with Gasteiger partial charge in [0.15, 0.2) is 0 Å². The molecule has 0 saturated heterocycles. The van der Waals surface area contributed by atoms with Gasteiger partial charge in [-0.2, -0.15) is 0 Å². The van der Waals surface area contributed by atoms with E-state index in [4.69, 9.17) is 11.6 Å². The van der Waals surface area contributed by atoms with Crippen molar-refractivity contribution < 1.29 is 8.42 Å². The third-order valence-corrected chi connectivity index (χ3v) is 6.16. The maximum atomic E-state index is 11.8. The first-order chi connectivity index (χ1) is 10.4. The van der Waals surface area contributed by atoms with E-state index < -0.39 is 10.0 Å². The predicted molar refractivity (Wildman–Crippen MR) is 90.7 cm³/mol. The van der Waals surface area contributed by atoms with Crippen molar-refractivity contribution in [3.05, 3.63) is 23.4 Å². The van der Waals surface area contributed by atoms with Gasteiger partial charge in [-0.15, -0.1) is 0 Å². The van der Waals surface area contributed by atoms with E-state index in [0.717, 1.165) is 31.5 Å². The fourth-order valence-corrected chi connectivity index (χ4v) is 3.57. The number of sulfonamides is 1. The summed E-state index contributed by atoms with van der Waals surface area (Å²) in [5, 5.41) is 3.70. The molecule has 124 valence electrons. The van der Waals surface area contributed by atoms with Gasteiger partial charge in [-0.1, -0.05) is 11.6 Å². The molecule has 0 aliphatic heterocycles. The molecule has 0 unspecified atom stereocenters. The van der Waals surface area contributed by atoms with Crippen molar-refractivity contribution in [2.45, 2.75) is 50.8 Å². The van der Waals surface area contributed by atoms with Crippen LogP contribution in [0.3, 0.4) is 0 Å². The first-order valence-electron chi connectivity index (χ1n) is 7.73. The Bertz CT molecular complexity index is 584. The van der Waals surface area contributed by atoms with Crippen LogP contribution in [0.15, 0.2) is 18.3 Å². The van der Waals surface area contributed by atoms with Crippen LogP contribution in [0.2, 0.25) is 5.02 Å². The second kappa shape index (κ2) is 7.62. The second-order valence-corrected chi connectivity index (χ2v) is 8.92. The van der Waals surface area contributed by atoms with Crippen LogP contribution in [-0.2, 0) is 10.0 Å². The van der Waals surface area contributed by atoms with E-state index in [1.807, 2.05) is 6.07 Å². The summed E-state index contributed by atoms with van der Waals surface area (Å²) in [5.41, 5.74) is 0. The molecule has 1 aromatic heterocycles. The fourth-order valence-electron chi connectivity index (χ4n) is 2.60. The number of aromatic nitrogens is 1. The van der Waals surface area contributed by atoms with Crippen LogP contribution in [0, 0.1) is 5.92 Å². The summed E-state index contributed by atoms with van der Waals surface area (Å²) in [4.78, 5) is 4.25. The van der Waals surface area contributed by atoms with Gasteiger partial charge in [0.25, 0.3) is 0 Å². The Morgan fingerprint density at radius 3 is 2.59 bits per heavy atom. The topological polar surface area (TPSA) is 71.1 Å². The number of nitrogens with one attached hydrogen (secondary N) is 2. The van der Waals surface area contributed by atoms with E-state index in [0.29, 0.717) is 23.5 Å². The largest absolute Gasteiger partial charge is 0.367 e. The predicted octanol–water partition coefficient (Wildman–Crippen LogP) is 3.03. The molecule has 0 bridgehead atoms. The number of halogens is 1. The monoisotopic (exact) mass is 345 g/mol. The van der Waals surface area contributed by atoms with E-state index in [9.17, 15) is 8.42 Å². The molecule has 1 aliphatic rings. The molecular formula is C15H24ClN3O2S. The molecule has 1 heterocycles. The quantitative estimate of drug-likeness (QED) is 0.831. The highest BCUT2D eigenvalue weighted by atomic mass is 35.5. The number of rotatable bonds is 6. The van der Waals surface area contributed by atoms with Crippen molar-refractivity contribution in [3.8, 4) is 0 Å². The molecule has 0 aromatic carbocycles. The van der Waals surface area contributed by atoms with Crippen molar-refractivity contribution in [1.29, 1.82) is 0 Å². The maximum Gasteiger partial charge on any atom is 0.213 e. The highest BCUT2D eigenvalue weighted by Crippen LogP contribution is 2.26. The number of hydrogen-bond acceptors (Lipinski definition) is 4. The third kappa shape index (κ3) is 5.11. The van der Waals surface area contributed by atoms with Crippen LogP contribution < -0.4 is 10.0 Å². The van der Waals surface area contributed by atoms with Crippen LogP contribution in [-0.4, -0.2) is 31.2 Å². The van der Waals surface area contributed by atoms with E-state index >= 15 is 0 Å². The van der Waals surface area contributed by atoms with E-state index in [2.05, 4.69) is 15.0 Å². The molecule has 0 amide bonds. The van der Waals surface area contributed by atoms with Crippen molar-refractivity contribution in [2.75, 3.05) is 11.9 Å². The summed E-state index contributed by atoms with van der Waals surface area (Å²) in [6.07, 6.45) is 5.75. The van der Waals surface area contributed by atoms with Gasteiger partial charge in [-0.05, 0) is 57.6 Å². The Kier molecular flexibility index (Phi) is 6.06. The highest BCUT2D eigenvalue weighted by molar-refractivity contribution is 7.90. The fraction of sp³-hybridized carbons (Fsp3) is 0.667. The molecule has 1 saturated carbocycles. The first kappa shape index (κ1) is 17.5. The number of anilines is 1. The van der Waals surface area contributed by atoms with Gasteiger partial charge in [0.05, 0.1) is 5.25 Å². The lowest BCUT2D eigenvalue weighted by Crippen LogP contribution is -2.37. The second-order valence-electron chi connectivity index (χ2n) is 6.16. The Hall–Kier alpha value is -0.850. The van der Waals surface area contributed by atoms with Crippen molar-refractivity contribution in [3.63, 3.8) is 0 Å². The molecule has 7 heteroatoms. The SMILES string of the molecule is CC(C)S(=O)(=O)NC[C@H]1CC[C@H](Nc2cc(Cl)ccn2)CC1. The number of hydrogen-bond donors (Lipinski definition) is 2. The molecule has 1 aliphatic carbocycles. The molecule has 1 fully saturated rings. The first-order valence-corrected chi connectivity index (χ1v) is 9.66. The van der Waals surface area contributed by atoms with Crippen LogP contribution in [0.4, 0.5) is 5.82 Å². The highest BCUT2D eigenvalue weighted by Gasteiger charge is 2.23. The standard InChI is InChI=1S/C15H24ClN3O2S/c1-11(2)22(20,21)18-10-12-3-5-14(6-4-12)19-15-9-13(16)7-8-17-15/h7-9,11-12,14,18H,3-6,10H2,1-2H3,(H,17,19)/t12-,14-. The Balaban J connectivity index is 1.76.